The molecular weight excluding hydrogens is 326 g/mol. The number of aliphatic hydroxyl groups is 1. The van der Waals surface area contributed by atoms with Crippen molar-refractivity contribution in [2.45, 2.75) is 26.8 Å². The topological polar surface area (TPSA) is 103 Å². The molecular formula is C17H25N3O5. The Kier molecular flexibility index (Phi) is 11.3. The number of carbonyl (C=O) groups excluding carboxylic acids is 1. The Balaban J connectivity index is 0.00000134. The van der Waals surface area contributed by atoms with E-state index in [2.05, 4.69) is 10.2 Å². The second-order valence-corrected chi connectivity index (χ2v) is 4.20. The molecule has 138 valence electrons. The lowest BCUT2D eigenvalue weighted by Crippen LogP contribution is -2.22. The highest BCUT2D eigenvalue weighted by Crippen LogP contribution is 2.24. The molecule has 1 N–H and O–H groups in total. The van der Waals surface area contributed by atoms with Crippen molar-refractivity contribution in [2.24, 2.45) is 5.18 Å². The molecule has 0 amide bonds. The van der Waals surface area contributed by atoms with E-state index in [4.69, 9.17) is 14.6 Å². The second kappa shape index (κ2) is 12.7. The van der Waals surface area contributed by atoms with E-state index in [9.17, 15) is 9.70 Å². The molecule has 0 bridgehead atoms. The van der Waals surface area contributed by atoms with Gasteiger partial charge >= 0.3 is 5.97 Å². The highest BCUT2D eigenvalue weighted by molar-refractivity contribution is 5.78. The number of imidazole rings is 1. The summed E-state index contributed by atoms with van der Waals surface area (Å²) in [6, 6.07) is 6.29. The molecule has 1 heterocycles. The summed E-state index contributed by atoms with van der Waals surface area (Å²) in [6.45, 7) is 5.99. The molecule has 0 aliphatic rings. The molecule has 0 aliphatic carbocycles. The van der Waals surface area contributed by atoms with Crippen LogP contribution in [0.1, 0.15) is 32.4 Å². The van der Waals surface area contributed by atoms with Gasteiger partial charge in [-0.25, -0.2) is 9.78 Å². The zero-order valence-corrected chi connectivity index (χ0v) is 15.2. The van der Waals surface area contributed by atoms with Crippen molar-refractivity contribution in [1.29, 1.82) is 0 Å². The van der Waals surface area contributed by atoms with Crippen molar-refractivity contribution < 1.29 is 19.4 Å². The first-order valence-electron chi connectivity index (χ1n) is 7.81. The number of rotatable bonds is 6. The molecule has 0 aliphatic heterocycles. The number of aromatic nitrogens is 2. The number of benzene rings is 1. The van der Waals surface area contributed by atoms with Crippen LogP contribution >= 0.6 is 0 Å². The van der Waals surface area contributed by atoms with Crippen molar-refractivity contribution in [3.05, 3.63) is 47.3 Å². The van der Waals surface area contributed by atoms with Crippen molar-refractivity contribution >= 4 is 11.8 Å². The van der Waals surface area contributed by atoms with Gasteiger partial charge in [-0.15, -0.1) is 4.91 Å². The van der Waals surface area contributed by atoms with Crippen LogP contribution in [0, 0.1) is 4.91 Å². The summed E-state index contributed by atoms with van der Waals surface area (Å²) in [5.74, 6) is 0.262. The Labute approximate surface area is 147 Å². The summed E-state index contributed by atoms with van der Waals surface area (Å²) >= 11 is 0. The summed E-state index contributed by atoms with van der Waals surface area (Å²) < 4.78 is 11.7. The van der Waals surface area contributed by atoms with Crippen molar-refractivity contribution in [3.63, 3.8) is 0 Å². The van der Waals surface area contributed by atoms with Crippen molar-refractivity contribution in [1.82, 2.24) is 9.55 Å². The Bertz CT molecular complexity index is 625. The molecule has 25 heavy (non-hydrogen) atoms. The number of nitroso groups, excluding NO2 is 1. The lowest BCUT2D eigenvalue weighted by atomic mass is 10.1. The van der Waals surface area contributed by atoms with Gasteiger partial charge in [0.25, 0.3) is 0 Å². The molecule has 1 atom stereocenters. The highest BCUT2D eigenvalue weighted by Gasteiger charge is 2.24. The standard InChI is InChI=1S/C14H15N3O4.C2H6.CH4O/c1-3-21-14(18)13(17-8-12(16-19)15-9-17)10-4-6-11(20-2)7-5-10;2*1-2/h4-9,13H,3H2,1-2H3;1-2H3;2H,1H3. The minimum Gasteiger partial charge on any atom is -0.497 e. The number of ether oxygens (including phenoxy) is 2. The zero-order valence-electron chi connectivity index (χ0n) is 15.2. The average Bonchev–Trinajstić information content (AvgIpc) is 3.15. The van der Waals surface area contributed by atoms with E-state index in [-0.39, 0.29) is 12.4 Å². The third-order valence-corrected chi connectivity index (χ3v) is 2.92. The third-order valence-electron chi connectivity index (χ3n) is 2.92. The van der Waals surface area contributed by atoms with Gasteiger partial charge in [-0.1, -0.05) is 26.0 Å². The first-order chi connectivity index (χ1) is 12.2. The number of methoxy groups -OCH3 is 1. The van der Waals surface area contributed by atoms with Gasteiger partial charge in [-0.05, 0) is 29.8 Å². The van der Waals surface area contributed by atoms with Gasteiger partial charge in [-0.3, -0.25) is 0 Å². The van der Waals surface area contributed by atoms with Gasteiger partial charge in [0.1, 0.15) is 5.75 Å². The van der Waals surface area contributed by atoms with Gasteiger partial charge in [0.2, 0.25) is 5.82 Å². The predicted molar refractivity (Wildman–Crippen MR) is 94.9 cm³/mol. The molecule has 0 fully saturated rings. The Morgan fingerprint density at radius 1 is 1.28 bits per heavy atom. The van der Waals surface area contributed by atoms with Crippen LogP contribution in [-0.2, 0) is 9.53 Å². The SMILES string of the molecule is CC.CCOC(=O)C(c1ccc(OC)cc1)n1cnc(N=O)c1.CO. The summed E-state index contributed by atoms with van der Waals surface area (Å²) in [4.78, 5) is 26.5. The van der Waals surface area contributed by atoms with Crippen LogP contribution in [0.5, 0.6) is 5.75 Å². The fourth-order valence-electron chi connectivity index (χ4n) is 1.95. The maximum absolute atomic E-state index is 12.2. The molecule has 2 aromatic rings. The van der Waals surface area contributed by atoms with E-state index < -0.39 is 12.0 Å². The van der Waals surface area contributed by atoms with Crippen LogP contribution in [0.2, 0.25) is 0 Å². The lowest BCUT2D eigenvalue weighted by Gasteiger charge is -2.17. The van der Waals surface area contributed by atoms with E-state index >= 15 is 0 Å². The van der Waals surface area contributed by atoms with Crippen LogP contribution in [0.15, 0.2) is 42.0 Å². The monoisotopic (exact) mass is 351 g/mol. The molecule has 0 spiro atoms. The zero-order chi connectivity index (χ0) is 19.2. The van der Waals surface area contributed by atoms with Crippen LogP contribution in [0.25, 0.3) is 0 Å². The van der Waals surface area contributed by atoms with Gasteiger partial charge in [0.05, 0.1) is 26.2 Å². The summed E-state index contributed by atoms with van der Waals surface area (Å²) in [5, 5.41) is 9.75. The van der Waals surface area contributed by atoms with Crippen LogP contribution in [0.3, 0.4) is 0 Å². The fourth-order valence-corrected chi connectivity index (χ4v) is 1.95. The largest absolute Gasteiger partial charge is 0.497 e. The van der Waals surface area contributed by atoms with E-state index in [0.29, 0.717) is 11.3 Å². The number of hydrogen-bond acceptors (Lipinski definition) is 7. The number of carbonyl (C=O) groups is 1. The van der Waals surface area contributed by atoms with E-state index in [1.807, 2.05) is 13.8 Å². The molecule has 2 rings (SSSR count). The smallest absolute Gasteiger partial charge is 0.333 e. The van der Waals surface area contributed by atoms with Gasteiger partial charge < -0.3 is 19.1 Å². The number of esters is 1. The Hall–Kier alpha value is -2.74. The van der Waals surface area contributed by atoms with Crippen LogP contribution in [0.4, 0.5) is 5.82 Å². The molecule has 1 aromatic carbocycles. The van der Waals surface area contributed by atoms with Crippen LogP contribution < -0.4 is 4.74 Å². The summed E-state index contributed by atoms with van der Waals surface area (Å²) in [6.07, 6.45) is 2.78. The highest BCUT2D eigenvalue weighted by atomic mass is 16.5. The number of nitrogens with zero attached hydrogens (tertiary/aromatic N) is 3. The predicted octanol–water partition coefficient (Wildman–Crippen LogP) is 3.08. The van der Waals surface area contributed by atoms with Gasteiger partial charge in [0.15, 0.2) is 6.04 Å². The molecule has 0 saturated heterocycles. The molecule has 1 unspecified atom stereocenters. The molecule has 8 nitrogen and oxygen atoms in total. The number of hydrogen-bond donors (Lipinski definition) is 1. The minimum absolute atomic E-state index is 0.0119. The maximum Gasteiger partial charge on any atom is 0.333 e. The Morgan fingerprint density at radius 3 is 2.32 bits per heavy atom. The minimum atomic E-state index is -0.723. The molecule has 0 radical (unpaired) electrons. The lowest BCUT2D eigenvalue weighted by molar-refractivity contribution is -0.145. The molecule has 1 aromatic heterocycles. The fraction of sp³-hybridized carbons (Fsp3) is 0.412. The maximum atomic E-state index is 12.2. The summed E-state index contributed by atoms with van der Waals surface area (Å²) in [7, 11) is 2.57. The molecule has 8 heteroatoms. The second-order valence-electron chi connectivity index (χ2n) is 4.20. The van der Waals surface area contributed by atoms with E-state index in [1.54, 1.807) is 38.3 Å². The third kappa shape index (κ3) is 6.34. The first-order valence-corrected chi connectivity index (χ1v) is 7.81. The van der Waals surface area contributed by atoms with Gasteiger partial charge in [-0.2, -0.15) is 0 Å². The first kappa shape index (κ1) is 22.3. The van der Waals surface area contributed by atoms with Crippen molar-refractivity contribution in [2.75, 3.05) is 20.8 Å². The summed E-state index contributed by atoms with van der Waals surface area (Å²) in [5.41, 5.74) is 0.698. The van der Waals surface area contributed by atoms with E-state index in [1.165, 1.54) is 17.1 Å². The average molecular weight is 351 g/mol. The Morgan fingerprint density at radius 2 is 1.88 bits per heavy atom. The van der Waals surface area contributed by atoms with Crippen LogP contribution in [-0.4, -0.2) is 41.5 Å². The molecule has 0 saturated carbocycles. The van der Waals surface area contributed by atoms with Crippen molar-refractivity contribution in [3.8, 4) is 5.75 Å². The normalized spacial score (nSPS) is 10.3. The quantitative estimate of drug-likeness (QED) is 0.634. The van der Waals surface area contributed by atoms with E-state index in [0.717, 1.165) is 7.11 Å². The number of aliphatic hydroxyl groups excluding tert-OH is 1. The van der Waals surface area contributed by atoms with Gasteiger partial charge in [0, 0.05) is 7.11 Å².